The fraction of sp³-hybridized carbons (Fsp3) is 1.00. The minimum absolute atomic E-state index is 0.323. The van der Waals surface area contributed by atoms with E-state index in [1.54, 1.807) is 7.11 Å². The van der Waals surface area contributed by atoms with Gasteiger partial charge in [0.15, 0.2) is 0 Å². The quantitative estimate of drug-likeness (QED) is 0.644. The SMILES string of the molecule is CCCC(CC)[C@H](NCCOC)C(C)(C)C. The highest BCUT2D eigenvalue weighted by molar-refractivity contribution is 4.86. The maximum Gasteiger partial charge on any atom is 0.0587 e. The van der Waals surface area contributed by atoms with Crippen LogP contribution >= 0.6 is 0 Å². The molecule has 0 aliphatic rings. The molecule has 98 valence electrons. The van der Waals surface area contributed by atoms with Gasteiger partial charge in [0.1, 0.15) is 0 Å². The van der Waals surface area contributed by atoms with Crippen LogP contribution < -0.4 is 5.32 Å². The summed E-state index contributed by atoms with van der Waals surface area (Å²) in [7, 11) is 1.76. The van der Waals surface area contributed by atoms with E-state index in [0.29, 0.717) is 11.5 Å². The van der Waals surface area contributed by atoms with Crippen molar-refractivity contribution in [3.8, 4) is 0 Å². The molecule has 0 spiro atoms. The molecule has 0 bridgehead atoms. The molecule has 0 rings (SSSR count). The zero-order valence-electron chi connectivity index (χ0n) is 12.1. The average molecular weight is 229 g/mol. The summed E-state index contributed by atoms with van der Waals surface area (Å²) in [6, 6.07) is 0.590. The average Bonchev–Trinajstić information content (AvgIpc) is 2.20. The van der Waals surface area contributed by atoms with Crippen molar-refractivity contribution in [3.63, 3.8) is 0 Å². The molecule has 1 N–H and O–H groups in total. The van der Waals surface area contributed by atoms with Crippen molar-refractivity contribution in [2.45, 2.75) is 59.9 Å². The second-order valence-electron chi connectivity index (χ2n) is 5.75. The highest BCUT2D eigenvalue weighted by Crippen LogP contribution is 2.29. The topological polar surface area (TPSA) is 21.3 Å². The van der Waals surface area contributed by atoms with Crippen molar-refractivity contribution in [3.05, 3.63) is 0 Å². The van der Waals surface area contributed by atoms with Crippen LogP contribution in [0.4, 0.5) is 0 Å². The molecule has 0 saturated heterocycles. The first-order valence-corrected chi connectivity index (χ1v) is 6.69. The molecular weight excluding hydrogens is 198 g/mol. The van der Waals surface area contributed by atoms with Crippen LogP contribution in [0.25, 0.3) is 0 Å². The highest BCUT2D eigenvalue weighted by Gasteiger charge is 2.29. The molecule has 0 aromatic heterocycles. The van der Waals surface area contributed by atoms with E-state index < -0.39 is 0 Å². The third kappa shape index (κ3) is 5.86. The predicted octanol–water partition coefficient (Wildman–Crippen LogP) is 3.46. The van der Waals surface area contributed by atoms with Crippen molar-refractivity contribution < 1.29 is 4.74 Å². The first kappa shape index (κ1) is 15.9. The number of ether oxygens (including phenoxy) is 1. The summed E-state index contributed by atoms with van der Waals surface area (Å²) >= 11 is 0. The molecule has 0 amide bonds. The van der Waals surface area contributed by atoms with Gasteiger partial charge in [0.25, 0.3) is 0 Å². The molecule has 0 heterocycles. The molecule has 0 aliphatic heterocycles. The minimum atomic E-state index is 0.323. The molecule has 0 fully saturated rings. The Hall–Kier alpha value is -0.0800. The van der Waals surface area contributed by atoms with Gasteiger partial charge in [-0.1, -0.05) is 47.5 Å². The second-order valence-corrected chi connectivity index (χ2v) is 5.75. The smallest absolute Gasteiger partial charge is 0.0587 e. The Bertz CT molecular complexity index is 163. The van der Waals surface area contributed by atoms with Crippen molar-refractivity contribution in [2.24, 2.45) is 11.3 Å². The minimum Gasteiger partial charge on any atom is -0.383 e. The normalized spacial score (nSPS) is 16.1. The summed E-state index contributed by atoms with van der Waals surface area (Å²) < 4.78 is 5.12. The van der Waals surface area contributed by atoms with E-state index in [0.717, 1.165) is 19.1 Å². The lowest BCUT2D eigenvalue weighted by atomic mass is 9.76. The van der Waals surface area contributed by atoms with Gasteiger partial charge in [-0.25, -0.2) is 0 Å². The van der Waals surface area contributed by atoms with Crippen molar-refractivity contribution in [1.29, 1.82) is 0 Å². The summed E-state index contributed by atoms with van der Waals surface area (Å²) in [6.45, 7) is 13.3. The second kappa shape index (κ2) is 8.08. The zero-order chi connectivity index (χ0) is 12.6. The van der Waals surface area contributed by atoms with E-state index in [4.69, 9.17) is 4.74 Å². The van der Waals surface area contributed by atoms with Gasteiger partial charge in [0.05, 0.1) is 6.61 Å². The number of hydrogen-bond donors (Lipinski definition) is 1. The lowest BCUT2D eigenvalue weighted by Crippen LogP contribution is -2.46. The van der Waals surface area contributed by atoms with Crippen LogP contribution in [-0.4, -0.2) is 26.3 Å². The van der Waals surface area contributed by atoms with Gasteiger partial charge in [-0.2, -0.15) is 0 Å². The Labute approximate surface area is 102 Å². The number of rotatable bonds is 8. The summed E-state index contributed by atoms with van der Waals surface area (Å²) in [5.41, 5.74) is 0.323. The Kier molecular flexibility index (Phi) is 8.04. The van der Waals surface area contributed by atoms with Gasteiger partial charge in [-0.3, -0.25) is 0 Å². The van der Waals surface area contributed by atoms with Gasteiger partial charge in [-0.05, 0) is 17.8 Å². The molecule has 2 nitrogen and oxygen atoms in total. The monoisotopic (exact) mass is 229 g/mol. The van der Waals surface area contributed by atoms with Gasteiger partial charge in [-0.15, -0.1) is 0 Å². The largest absolute Gasteiger partial charge is 0.383 e. The van der Waals surface area contributed by atoms with Gasteiger partial charge < -0.3 is 10.1 Å². The number of methoxy groups -OCH3 is 1. The van der Waals surface area contributed by atoms with E-state index in [-0.39, 0.29) is 0 Å². The molecule has 0 radical (unpaired) electrons. The first-order valence-electron chi connectivity index (χ1n) is 6.69. The molecule has 0 saturated carbocycles. The van der Waals surface area contributed by atoms with Crippen LogP contribution in [0.5, 0.6) is 0 Å². The molecule has 2 heteroatoms. The van der Waals surface area contributed by atoms with E-state index in [9.17, 15) is 0 Å². The molecular formula is C14H31NO. The predicted molar refractivity (Wildman–Crippen MR) is 71.8 cm³/mol. The van der Waals surface area contributed by atoms with Crippen LogP contribution in [0, 0.1) is 11.3 Å². The van der Waals surface area contributed by atoms with Crippen molar-refractivity contribution >= 4 is 0 Å². The van der Waals surface area contributed by atoms with E-state index >= 15 is 0 Å². The number of hydrogen-bond acceptors (Lipinski definition) is 2. The molecule has 0 aromatic rings. The highest BCUT2D eigenvalue weighted by atomic mass is 16.5. The Morgan fingerprint density at radius 2 is 1.81 bits per heavy atom. The molecule has 1 unspecified atom stereocenters. The molecule has 0 aromatic carbocycles. The van der Waals surface area contributed by atoms with Crippen LogP contribution in [0.2, 0.25) is 0 Å². The lowest BCUT2D eigenvalue weighted by Gasteiger charge is -2.37. The standard InChI is InChI=1S/C14H31NO/c1-7-9-12(8-2)13(14(3,4)5)15-10-11-16-6/h12-13,15H,7-11H2,1-6H3/t12?,13-/m0/s1. The Morgan fingerprint density at radius 3 is 2.19 bits per heavy atom. The van der Waals surface area contributed by atoms with Crippen molar-refractivity contribution in [2.75, 3.05) is 20.3 Å². The fourth-order valence-corrected chi connectivity index (χ4v) is 2.47. The zero-order valence-corrected chi connectivity index (χ0v) is 12.1. The maximum atomic E-state index is 5.12. The summed E-state index contributed by atoms with van der Waals surface area (Å²) in [5.74, 6) is 0.779. The molecule has 2 atom stereocenters. The van der Waals surface area contributed by atoms with Crippen LogP contribution in [0.1, 0.15) is 53.9 Å². The molecule has 0 aliphatic carbocycles. The van der Waals surface area contributed by atoms with Crippen LogP contribution in [0.3, 0.4) is 0 Å². The van der Waals surface area contributed by atoms with Crippen LogP contribution in [0.15, 0.2) is 0 Å². The third-order valence-corrected chi connectivity index (χ3v) is 3.26. The summed E-state index contributed by atoms with van der Waals surface area (Å²) in [6.07, 6.45) is 3.85. The number of nitrogens with one attached hydrogen (secondary N) is 1. The van der Waals surface area contributed by atoms with E-state index in [2.05, 4.69) is 39.9 Å². The van der Waals surface area contributed by atoms with Gasteiger partial charge in [0.2, 0.25) is 0 Å². The van der Waals surface area contributed by atoms with Gasteiger partial charge >= 0.3 is 0 Å². The van der Waals surface area contributed by atoms with Gasteiger partial charge in [0, 0.05) is 19.7 Å². The summed E-state index contributed by atoms with van der Waals surface area (Å²) in [4.78, 5) is 0. The van der Waals surface area contributed by atoms with E-state index in [1.807, 2.05) is 0 Å². The van der Waals surface area contributed by atoms with Crippen LogP contribution in [-0.2, 0) is 4.74 Å². The molecule has 16 heavy (non-hydrogen) atoms. The summed E-state index contributed by atoms with van der Waals surface area (Å²) in [5, 5.41) is 3.67. The fourth-order valence-electron chi connectivity index (χ4n) is 2.47. The Balaban J connectivity index is 4.39. The lowest BCUT2D eigenvalue weighted by molar-refractivity contribution is 0.149. The van der Waals surface area contributed by atoms with E-state index in [1.165, 1.54) is 19.3 Å². The third-order valence-electron chi connectivity index (χ3n) is 3.26. The maximum absolute atomic E-state index is 5.12. The Morgan fingerprint density at radius 1 is 1.19 bits per heavy atom. The van der Waals surface area contributed by atoms with Crippen molar-refractivity contribution in [1.82, 2.24) is 5.32 Å². The first-order chi connectivity index (χ1) is 7.47.